The van der Waals surface area contributed by atoms with Gasteiger partial charge in [0.1, 0.15) is 0 Å². The number of aliphatic hydroxyl groups is 1. The molecule has 21 heavy (non-hydrogen) atoms. The van der Waals surface area contributed by atoms with Crippen LogP contribution >= 0.6 is 0 Å². The van der Waals surface area contributed by atoms with Crippen molar-refractivity contribution in [2.24, 2.45) is 0 Å². The van der Waals surface area contributed by atoms with Gasteiger partial charge in [0.2, 0.25) is 0 Å². The van der Waals surface area contributed by atoms with E-state index < -0.39 is 0 Å². The van der Waals surface area contributed by atoms with E-state index in [9.17, 15) is 5.11 Å². The predicted octanol–water partition coefficient (Wildman–Crippen LogP) is 5.14. The number of likely N-dealkylation sites (tertiary alicyclic amines) is 1. The van der Waals surface area contributed by atoms with Gasteiger partial charge in [-0.25, -0.2) is 0 Å². The van der Waals surface area contributed by atoms with Crippen molar-refractivity contribution in [3.05, 3.63) is 0 Å². The van der Waals surface area contributed by atoms with Crippen LogP contribution in [0.1, 0.15) is 97.8 Å². The van der Waals surface area contributed by atoms with Crippen LogP contribution in [0.25, 0.3) is 0 Å². The molecule has 1 fully saturated rings. The van der Waals surface area contributed by atoms with Crippen molar-refractivity contribution in [3.63, 3.8) is 0 Å². The highest BCUT2D eigenvalue weighted by molar-refractivity contribution is 4.93. The molecule has 0 spiro atoms. The van der Waals surface area contributed by atoms with Gasteiger partial charge in [0.25, 0.3) is 0 Å². The molecule has 0 aromatic carbocycles. The predicted molar refractivity (Wildman–Crippen MR) is 92.7 cm³/mol. The van der Waals surface area contributed by atoms with Gasteiger partial charge in [-0.15, -0.1) is 0 Å². The number of nitrogens with zero attached hydrogens (tertiary/aromatic N) is 1. The Hall–Kier alpha value is -0.0800. The van der Waals surface area contributed by atoms with E-state index in [1.807, 2.05) is 0 Å². The molecule has 0 amide bonds. The highest BCUT2D eigenvalue weighted by atomic mass is 16.3. The number of rotatable bonds is 12. The quantitative estimate of drug-likeness (QED) is 0.504. The molecule has 0 aliphatic carbocycles. The van der Waals surface area contributed by atoms with Gasteiger partial charge in [-0.1, -0.05) is 65.2 Å². The first-order valence-electron chi connectivity index (χ1n) is 9.58. The summed E-state index contributed by atoms with van der Waals surface area (Å²) in [7, 11) is 0. The maximum absolute atomic E-state index is 10.7. The summed E-state index contributed by atoms with van der Waals surface area (Å²) in [6, 6.07) is 0. The zero-order valence-corrected chi connectivity index (χ0v) is 14.9. The van der Waals surface area contributed by atoms with Crippen molar-refractivity contribution in [2.75, 3.05) is 13.1 Å². The molecule has 1 rings (SSSR count). The van der Waals surface area contributed by atoms with Crippen LogP contribution in [0.5, 0.6) is 0 Å². The lowest BCUT2D eigenvalue weighted by atomic mass is 9.86. The van der Waals surface area contributed by atoms with E-state index in [0.717, 1.165) is 12.8 Å². The Bertz CT molecular complexity index is 250. The van der Waals surface area contributed by atoms with Gasteiger partial charge in [0.15, 0.2) is 0 Å². The topological polar surface area (TPSA) is 23.5 Å². The molecular weight excluding hydrogens is 258 g/mol. The van der Waals surface area contributed by atoms with E-state index in [1.54, 1.807) is 0 Å². The molecule has 2 unspecified atom stereocenters. The van der Waals surface area contributed by atoms with Crippen LogP contribution in [0.4, 0.5) is 0 Å². The summed E-state index contributed by atoms with van der Waals surface area (Å²) >= 11 is 0. The number of hydrogen-bond donors (Lipinski definition) is 1. The summed E-state index contributed by atoms with van der Waals surface area (Å²) in [4.78, 5) is 2.53. The maximum atomic E-state index is 10.7. The second-order valence-corrected chi connectivity index (χ2v) is 7.18. The molecule has 0 saturated carbocycles. The van der Waals surface area contributed by atoms with Gasteiger partial charge in [-0.05, 0) is 45.7 Å². The lowest BCUT2D eigenvalue weighted by molar-refractivity contribution is -0.0178. The Kier molecular flexibility index (Phi) is 9.59. The second-order valence-electron chi connectivity index (χ2n) is 7.18. The first-order valence-corrected chi connectivity index (χ1v) is 9.58. The third-order valence-electron chi connectivity index (χ3n) is 5.59. The molecule has 1 saturated heterocycles. The number of aliphatic hydroxyl groups excluding tert-OH is 1. The molecule has 0 bridgehead atoms. The van der Waals surface area contributed by atoms with E-state index in [-0.39, 0.29) is 11.6 Å². The van der Waals surface area contributed by atoms with Crippen LogP contribution in [0.2, 0.25) is 0 Å². The lowest BCUT2D eigenvalue weighted by Crippen LogP contribution is -2.53. The van der Waals surface area contributed by atoms with Crippen molar-refractivity contribution in [1.29, 1.82) is 0 Å². The Morgan fingerprint density at radius 2 is 1.43 bits per heavy atom. The molecule has 1 aliphatic rings. The minimum Gasteiger partial charge on any atom is -0.391 e. The fourth-order valence-corrected chi connectivity index (χ4v) is 3.68. The van der Waals surface area contributed by atoms with Gasteiger partial charge in [-0.3, -0.25) is 4.90 Å². The Morgan fingerprint density at radius 3 is 1.95 bits per heavy atom. The molecular formula is C19H39NO. The standard InChI is InChI=1S/C19H39NO/c1-4-6-7-8-9-10-11-12-15-18(21)19(3,5-2)20-16-13-14-17-20/h18,21H,4-17H2,1-3H3. The smallest absolute Gasteiger partial charge is 0.0721 e. The van der Waals surface area contributed by atoms with Crippen LogP contribution < -0.4 is 0 Å². The van der Waals surface area contributed by atoms with Crippen LogP contribution in [0, 0.1) is 0 Å². The monoisotopic (exact) mass is 297 g/mol. The summed E-state index contributed by atoms with van der Waals surface area (Å²) in [6.45, 7) is 9.13. The van der Waals surface area contributed by atoms with E-state index in [4.69, 9.17) is 0 Å². The first-order chi connectivity index (χ1) is 10.1. The van der Waals surface area contributed by atoms with E-state index in [2.05, 4.69) is 25.7 Å². The first kappa shape index (κ1) is 19.0. The lowest BCUT2D eigenvalue weighted by Gasteiger charge is -2.42. The maximum Gasteiger partial charge on any atom is 0.0721 e. The SMILES string of the molecule is CCCCCCCCCCC(O)C(C)(CC)N1CCCC1. The third kappa shape index (κ3) is 6.28. The van der Waals surface area contributed by atoms with Crippen LogP contribution in [0.3, 0.4) is 0 Å². The zero-order chi connectivity index (χ0) is 15.6. The van der Waals surface area contributed by atoms with E-state index >= 15 is 0 Å². The molecule has 2 atom stereocenters. The molecule has 1 aliphatic heterocycles. The third-order valence-corrected chi connectivity index (χ3v) is 5.59. The zero-order valence-electron chi connectivity index (χ0n) is 14.9. The van der Waals surface area contributed by atoms with Gasteiger partial charge >= 0.3 is 0 Å². The van der Waals surface area contributed by atoms with Crippen molar-refractivity contribution in [1.82, 2.24) is 4.90 Å². The van der Waals surface area contributed by atoms with Crippen LogP contribution in [-0.4, -0.2) is 34.7 Å². The fraction of sp³-hybridized carbons (Fsp3) is 1.00. The van der Waals surface area contributed by atoms with Crippen LogP contribution in [0.15, 0.2) is 0 Å². The Balaban J connectivity index is 2.15. The summed E-state index contributed by atoms with van der Waals surface area (Å²) in [6.07, 6.45) is 15.2. The molecule has 1 N–H and O–H groups in total. The molecule has 1 heterocycles. The van der Waals surface area contributed by atoms with Gasteiger partial charge in [0, 0.05) is 5.54 Å². The highest BCUT2D eigenvalue weighted by Crippen LogP contribution is 2.30. The average molecular weight is 298 g/mol. The fourth-order valence-electron chi connectivity index (χ4n) is 3.68. The van der Waals surface area contributed by atoms with Crippen molar-refractivity contribution in [2.45, 2.75) is 109 Å². The number of unbranched alkanes of at least 4 members (excludes halogenated alkanes) is 7. The average Bonchev–Trinajstić information content (AvgIpc) is 3.03. The summed E-state index contributed by atoms with van der Waals surface area (Å²) in [5.74, 6) is 0. The summed E-state index contributed by atoms with van der Waals surface area (Å²) in [5, 5.41) is 10.7. The minimum absolute atomic E-state index is 0.0115. The van der Waals surface area contributed by atoms with Crippen molar-refractivity contribution >= 4 is 0 Å². The molecule has 0 aromatic rings. The van der Waals surface area contributed by atoms with Gasteiger partial charge in [-0.2, -0.15) is 0 Å². The number of hydrogen-bond acceptors (Lipinski definition) is 2. The summed E-state index contributed by atoms with van der Waals surface area (Å²) in [5.41, 5.74) is 0.0115. The molecule has 2 heteroatoms. The summed E-state index contributed by atoms with van der Waals surface area (Å²) < 4.78 is 0. The van der Waals surface area contributed by atoms with E-state index in [1.165, 1.54) is 77.3 Å². The Morgan fingerprint density at radius 1 is 0.905 bits per heavy atom. The molecule has 2 nitrogen and oxygen atoms in total. The normalized spacial score (nSPS) is 20.6. The Labute approximate surface area is 133 Å². The molecule has 0 aromatic heterocycles. The minimum atomic E-state index is -0.152. The van der Waals surface area contributed by atoms with Gasteiger partial charge in [0.05, 0.1) is 6.10 Å². The molecule has 0 radical (unpaired) electrons. The molecule has 126 valence electrons. The van der Waals surface area contributed by atoms with E-state index in [0.29, 0.717) is 0 Å². The second kappa shape index (κ2) is 10.6. The largest absolute Gasteiger partial charge is 0.391 e. The van der Waals surface area contributed by atoms with Gasteiger partial charge < -0.3 is 5.11 Å². The van der Waals surface area contributed by atoms with Crippen molar-refractivity contribution in [3.8, 4) is 0 Å². The van der Waals surface area contributed by atoms with Crippen molar-refractivity contribution < 1.29 is 5.11 Å². The van der Waals surface area contributed by atoms with Crippen LogP contribution in [-0.2, 0) is 0 Å². The highest BCUT2D eigenvalue weighted by Gasteiger charge is 2.37.